The standard InChI is InChI=1S/C28H35N3O4/c1-2-34-27(33)17-24(21-9-8-19-11-13-35-25(19)16-21)30-26(32)10-6-18-5-7-20-15-22-4-3-12-29-28(22)31-23(20)14-18/h8-9,15-16,18,24H,2-7,10-14,17H2,1H3,(H,29,31)(H,30,32). The lowest BCUT2D eigenvalue weighted by Crippen LogP contribution is -2.31. The Morgan fingerprint density at radius 1 is 1.20 bits per heavy atom. The molecule has 2 aliphatic heterocycles. The van der Waals surface area contributed by atoms with Gasteiger partial charge in [-0.05, 0) is 79.7 Å². The fourth-order valence-electron chi connectivity index (χ4n) is 5.48. The second kappa shape index (κ2) is 10.7. The molecular formula is C28H35N3O4. The van der Waals surface area contributed by atoms with Crippen molar-refractivity contribution in [3.63, 3.8) is 0 Å². The summed E-state index contributed by atoms with van der Waals surface area (Å²) in [6.07, 6.45) is 7.56. The molecule has 2 N–H and O–H groups in total. The van der Waals surface area contributed by atoms with Crippen LogP contribution in [0.4, 0.5) is 5.82 Å². The number of aryl methyl sites for hydroxylation is 2. The molecule has 1 aromatic heterocycles. The number of hydrogen-bond donors (Lipinski definition) is 2. The van der Waals surface area contributed by atoms with E-state index < -0.39 is 6.04 Å². The van der Waals surface area contributed by atoms with Gasteiger partial charge in [-0.2, -0.15) is 0 Å². The van der Waals surface area contributed by atoms with Gasteiger partial charge in [0.15, 0.2) is 0 Å². The van der Waals surface area contributed by atoms with Crippen molar-refractivity contribution in [2.45, 2.75) is 70.8 Å². The van der Waals surface area contributed by atoms with Crippen LogP contribution in [-0.2, 0) is 40.0 Å². The summed E-state index contributed by atoms with van der Waals surface area (Å²) in [5.74, 6) is 1.99. The maximum absolute atomic E-state index is 13.0. The number of esters is 1. The van der Waals surface area contributed by atoms with Gasteiger partial charge in [0.2, 0.25) is 5.91 Å². The average Bonchev–Trinajstić information content (AvgIpc) is 3.34. The van der Waals surface area contributed by atoms with Crippen LogP contribution in [0.2, 0.25) is 0 Å². The Kier molecular flexibility index (Phi) is 7.21. The maximum atomic E-state index is 13.0. The van der Waals surface area contributed by atoms with Crippen molar-refractivity contribution in [3.05, 3.63) is 52.2 Å². The van der Waals surface area contributed by atoms with Gasteiger partial charge in [-0.1, -0.05) is 18.2 Å². The third-order valence-corrected chi connectivity index (χ3v) is 7.40. The Morgan fingerprint density at radius 3 is 3.00 bits per heavy atom. The minimum Gasteiger partial charge on any atom is -0.493 e. The average molecular weight is 478 g/mol. The van der Waals surface area contributed by atoms with Gasteiger partial charge >= 0.3 is 5.97 Å². The molecule has 1 amide bonds. The van der Waals surface area contributed by atoms with E-state index in [9.17, 15) is 9.59 Å². The van der Waals surface area contributed by atoms with E-state index in [2.05, 4.69) is 16.7 Å². The van der Waals surface area contributed by atoms with E-state index in [-0.39, 0.29) is 18.3 Å². The zero-order chi connectivity index (χ0) is 24.2. The summed E-state index contributed by atoms with van der Waals surface area (Å²) >= 11 is 0. The molecule has 0 radical (unpaired) electrons. The zero-order valence-electron chi connectivity index (χ0n) is 20.5. The van der Waals surface area contributed by atoms with Gasteiger partial charge in [0.05, 0.1) is 25.7 Å². The molecule has 7 nitrogen and oxygen atoms in total. The highest BCUT2D eigenvalue weighted by Gasteiger charge is 2.25. The van der Waals surface area contributed by atoms with E-state index in [4.69, 9.17) is 14.5 Å². The van der Waals surface area contributed by atoms with Gasteiger partial charge in [-0.25, -0.2) is 4.98 Å². The molecule has 0 fully saturated rings. The highest BCUT2D eigenvalue weighted by Crippen LogP contribution is 2.32. The molecule has 186 valence electrons. The van der Waals surface area contributed by atoms with Crippen LogP contribution < -0.4 is 15.4 Å². The minimum absolute atomic E-state index is 0.0356. The molecule has 3 heterocycles. The largest absolute Gasteiger partial charge is 0.493 e. The number of nitrogens with one attached hydrogen (secondary N) is 2. The molecule has 2 atom stereocenters. The predicted octanol–water partition coefficient (Wildman–Crippen LogP) is 4.07. The number of hydrogen-bond acceptors (Lipinski definition) is 6. The van der Waals surface area contributed by atoms with E-state index >= 15 is 0 Å². The summed E-state index contributed by atoms with van der Waals surface area (Å²) in [6, 6.07) is 7.87. The lowest BCUT2D eigenvalue weighted by atomic mass is 9.83. The van der Waals surface area contributed by atoms with Crippen molar-refractivity contribution in [1.29, 1.82) is 0 Å². The molecule has 2 unspecified atom stereocenters. The molecule has 1 aromatic carbocycles. The topological polar surface area (TPSA) is 89.5 Å². The minimum atomic E-state index is -0.428. The Morgan fingerprint density at radius 2 is 2.11 bits per heavy atom. The molecule has 5 rings (SSSR count). The first kappa shape index (κ1) is 23.6. The van der Waals surface area contributed by atoms with Crippen molar-refractivity contribution < 1.29 is 19.1 Å². The number of anilines is 1. The third kappa shape index (κ3) is 5.60. The Balaban J connectivity index is 1.20. The number of nitrogens with zero attached hydrogens (tertiary/aromatic N) is 1. The number of pyridine rings is 1. The smallest absolute Gasteiger partial charge is 0.308 e. The molecular weight excluding hydrogens is 442 g/mol. The quantitative estimate of drug-likeness (QED) is 0.557. The third-order valence-electron chi connectivity index (χ3n) is 7.40. The van der Waals surface area contributed by atoms with E-state index in [0.717, 1.165) is 67.8 Å². The number of fused-ring (bicyclic) bond motifs is 3. The van der Waals surface area contributed by atoms with E-state index in [1.165, 1.54) is 23.2 Å². The van der Waals surface area contributed by atoms with Crippen LogP contribution >= 0.6 is 0 Å². The summed E-state index contributed by atoms with van der Waals surface area (Å²) in [6.45, 7) is 3.78. The lowest BCUT2D eigenvalue weighted by Gasteiger charge is -2.27. The number of benzene rings is 1. The number of carbonyl (C=O) groups excluding carboxylic acids is 2. The van der Waals surface area contributed by atoms with Gasteiger partial charge in [-0.15, -0.1) is 0 Å². The lowest BCUT2D eigenvalue weighted by molar-refractivity contribution is -0.143. The maximum Gasteiger partial charge on any atom is 0.308 e. The van der Waals surface area contributed by atoms with Crippen LogP contribution in [0.15, 0.2) is 24.3 Å². The number of ether oxygens (including phenoxy) is 2. The summed E-state index contributed by atoms with van der Waals surface area (Å²) in [4.78, 5) is 30.1. The highest BCUT2D eigenvalue weighted by atomic mass is 16.5. The highest BCUT2D eigenvalue weighted by molar-refractivity contribution is 5.78. The second-order valence-electron chi connectivity index (χ2n) is 9.87. The molecule has 0 saturated carbocycles. The molecule has 3 aliphatic rings. The Bertz CT molecular complexity index is 1100. The SMILES string of the molecule is CCOC(=O)CC(NC(=O)CCC1CCc2cc3c(nc2C1)NCCC3)c1ccc2c(c1)OCC2. The van der Waals surface area contributed by atoms with E-state index in [1.54, 1.807) is 6.92 Å². The van der Waals surface area contributed by atoms with Crippen molar-refractivity contribution in [3.8, 4) is 5.75 Å². The van der Waals surface area contributed by atoms with Gasteiger partial charge in [0, 0.05) is 25.1 Å². The van der Waals surface area contributed by atoms with Gasteiger partial charge in [0.1, 0.15) is 11.6 Å². The molecule has 0 saturated heterocycles. The Labute approximate surface area is 207 Å². The van der Waals surface area contributed by atoms with Crippen LogP contribution in [0, 0.1) is 5.92 Å². The monoisotopic (exact) mass is 477 g/mol. The number of carbonyl (C=O) groups is 2. The summed E-state index contributed by atoms with van der Waals surface area (Å²) in [7, 11) is 0. The number of aromatic nitrogens is 1. The molecule has 1 aliphatic carbocycles. The normalized spacial score (nSPS) is 18.8. The van der Waals surface area contributed by atoms with Crippen LogP contribution in [0.1, 0.15) is 73.0 Å². The van der Waals surface area contributed by atoms with Crippen LogP contribution in [0.5, 0.6) is 5.75 Å². The molecule has 35 heavy (non-hydrogen) atoms. The van der Waals surface area contributed by atoms with Crippen molar-refractivity contribution >= 4 is 17.7 Å². The molecule has 2 aromatic rings. The summed E-state index contributed by atoms with van der Waals surface area (Å²) in [5, 5.41) is 6.53. The second-order valence-corrected chi connectivity index (χ2v) is 9.87. The van der Waals surface area contributed by atoms with Crippen LogP contribution in [0.3, 0.4) is 0 Å². The molecule has 0 bridgehead atoms. The molecule has 7 heteroatoms. The van der Waals surface area contributed by atoms with Crippen LogP contribution in [-0.4, -0.2) is 36.6 Å². The van der Waals surface area contributed by atoms with E-state index in [1.807, 2.05) is 18.2 Å². The first-order chi connectivity index (χ1) is 17.1. The fraction of sp³-hybridized carbons (Fsp3) is 0.536. The van der Waals surface area contributed by atoms with Crippen LogP contribution in [0.25, 0.3) is 0 Å². The fourth-order valence-corrected chi connectivity index (χ4v) is 5.48. The van der Waals surface area contributed by atoms with Crippen molar-refractivity contribution in [2.75, 3.05) is 25.1 Å². The van der Waals surface area contributed by atoms with Gasteiger partial charge in [0.25, 0.3) is 0 Å². The summed E-state index contributed by atoms with van der Waals surface area (Å²) < 4.78 is 10.9. The predicted molar refractivity (Wildman–Crippen MR) is 134 cm³/mol. The first-order valence-corrected chi connectivity index (χ1v) is 13.0. The van der Waals surface area contributed by atoms with Crippen molar-refractivity contribution in [2.24, 2.45) is 5.92 Å². The zero-order valence-corrected chi connectivity index (χ0v) is 20.5. The van der Waals surface area contributed by atoms with Gasteiger partial charge in [-0.3, -0.25) is 9.59 Å². The van der Waals surface area contributed by atoms with E-state index in [0.29, 0.717) is 25.6 Å². The Hall–Kier alpha value is -3.09. The first-order valence-electron chi connectivity index (χ1n) is 13.0. The number of amides is 1. The molecule has 0 spiro atoms. The van der Waals surface area contributed by atoms with Gasteiger partial charge < -0.3 is 20.1 Å². The number of rotatable bonds is 8. The summed E-state index contributed by atoms with van der Waals surface area (Å²) in [5.41, 5.74) is 5.95. The van der Waals surface area contributed by atoms with Crippen molar-refractivity contribution in [1.82, 2.24) is 10.3 Å².